The van der Waals surface area contributed by atoms with Crippen LogP contribution in [-0.4, -0.2) is 30.3 Å². The number of ether oxygens (including phenoxy) is 1. The number of anilines is 1. The summed E-state index contributed by atoms with van der Waals surface area (Å²) >= 11 is 0. The van der Waals surface area contributed by atoms with Crippen molar-refractivity contribution in [2.45, 2.75) is 33.7 Å². The third-order valence-corrected chi connectivity index (χ3v) is 3.07. The molecule has 1 aromatic carbocycles. The highest BCUT2D eigenvalue weighted by molar-refractivity contribution is 5.93. The molecule has 1 rings (SSSR count). The molecule has 21 heavy (non-hydrogen) atoms. The maximum atomic E-state index is 12.0. The Balaban J connectivity index is 2.79. The highest BCUT2D eigenvalue weighted by Gasteiger charge is 2.32. The van der Waals surface area contributed by atoms with Crippen molar-refractivity contribution in [1.29, 1.82) is 0 Å². The molecule has 2 amide bonds. The molecule has 0 aliphatic rings. The van der Waals surface area contributed by atoms with Crippen LogP contribution in [-0.2, 0) is 4.79 Å². The lowest BCUT2D eigenvalue weighted by atomic mass is 9.87. The lowest BCUT2D eigenvalue weighted by Crippen LogP contribution is -2.50. The summed E-state index contributed by atoms with van der Waals surface area (Å²) in [5.74, 6) is -0.374. The molecule has 0 bridgehead atoms. The maximum absolute atomic E-state index is 12.0. The molecule has 0 saturated heterocycles. The fraction of sp³-hybridized carbons (Fsp3) is 0.467. The van der Waals surface area contributed by atoms with Crippen molar-refractivity contribution in [3.8, 4) is 5.75 Å². The molecule has 3 N–H and O–H groups in total. The summed E-state index contributed by atoms with van der Waals surface area (Å²) in [7, 11) is 1.56. The second-order valence-electron chi connectivity index (χ2n) is 5.92. The van der Waals surface area contributed by atoms with Gasteiger partial charge in [-0.2, -0.15) is 0 Å². The van der Waals surface area contributed by atoms with E-state index in [-0.39, 0.29) is 0 Å². The van der Waals surface area contributed by atoms with E-state index in [1.807, 2.05) is 6.92 Å². The van der Waals surface area contributed by atoms with Gasteiger partial charge in [-0.3, -0.25) is 0 Å². The second-order valence-corrected chi connectivity index (χ2v) is 5.92. The van der Waals surface area contributed by atoms with Crippen molar-refractivity contribution in [2.24, 2.45) is 5.41 Å². The van der Waals surface area contributed by atoms with Gasteiger partial charge in [0.25, 0.3) is 0 Å². The van der Waals surface area contributed by atoms with Crippen molar-refractivity contribution in [3.05, 3.63) is 23.8 Å². The molecule has 1 atom stereocenters. The lowest BCUT2D eigenvalue weighted by Gasteiger charge is -2.27. The normalized spacial score (nSPS) is 12.4. The standard InChI is InChI=1S/C15H22N2O4/c1-9-8-10(21-5)6-7-11(9)16-14(20)17-12(13(18)19)15(2,3)4/h6-8,12H,1-5H3,(H,18,19)(H2,16,17,20)/t12-/m0/s1. The average Bonchev–Trinajstić information content (AvgIpc) is 2.36. The summed E-state index contributed by atoms with van der Waals surface area (Å²) in [5.41, 5.74) is 0.844. The van der Waals surface area contributed by atoms with Crippen LogP contribution in [0.2, 0.25) is 0 Å². The monoisotopic (exact) mass is 294 g/mol. The Labute approximate surface area is 124 Å². The minimum absolute atomic E-state index is 0.550. The number of aliphatic carboxylic acids is 1. The molecule has 6 heteroatoms. The molecule has 116 valence electrons. The van der Waals surface area contributed by atoms with Crippen LogP contribution in [0.4, 0.5) is 10.5 Å². The van der Waals surface area contributed by atoms with Gasteiger partial charge < -0.3 is 20.5 Å². The van der Waals surface area contributed by atoms with Crippen molar-refractivity contribution in [1.82, 2.24) is 5.32 Å². The Morgan fingerprint density at radius 2 is 1.90 bits per heavy atom. The second kappa shape index (κ2) is 6.47. The number of methoxy groups -OCH3 is 1. The van der Waals surface area contributed by atoms with Crippen LogP contribution in [0, 0.1) is 12.3 Å². The van der Waals surface area contributed by atoms with E-state index in [1.165, 1.54) is 0 Å². The Morgan fingerprint density at radius 3 is 2.33 bits per heavy atom. The first-order valence-electron chi connectivity index (χ1n) is 6.60. The highest BCUT2D eigenvalue weighted by Crippen LogP contribution is 2.22. The van der Waals surface area contributed by atoms with E-state index in [9.17, 15) is 14.7 Å². The van der Waals surface area contributed by atoms with Gasteiger partial charge in [-0.25, -0.2) is 9.59 Å². The van der Waals surface area contributed by atoms with Gasteiger partial charge in [0, 0.05) is 5.69 Å². The van der Waals surface area contributed by atoms with E-state index in [4.69, 9.17) is 4.74 Å². The highest BCUT2D eigenvalue weighted by atomic mass is 16.5. The van der Waals surface area contributed by atoms with Crippen molar-refractivity contribution in [3.63, 3.8) is 0 Å². The zero-order valence-corrected chi connectivity index (χ0v) is 13.0. The minimum Gasteiger partial charge on any atom is -0.497 e. The first-order chi connectivity index (χ1) is 9.65. The van der Waals surface area contributed by atoms with Gasteiger partial charge in [0.2, 0.25) is 0 Å². The van der Waals surface area contributed by atoms with Crippen LogP contribution in [0.25, 0.3) is 0 Å². The fourth-order valence-electron chi connectivity index (χ4n) is 1.84. The molecule has 0 saturated carbocycles. The molecule has 0 aliphatic heterocycles. The van der Waals surface area contributed by atoms with E-state index >= 15 is 0 Å². The predicted octanol–water partition coefficient (Wildman–Crippen LogP) is 2.62. The molecule has 0 heterocycles. The third-order valence-electron chi connectivity index (χ3n) is 3.07. The molecule has 6 nitrogen and oxygen atoms in total. The number of carbonyl (C=O) groups excluding carboxylic acids is 1. The summed E-state index contributed by atoms with van der Waals surface area (Å²) in [6.45, 7) is 7.09. The average molecular weight is 294 g/mol. The Hall–Kier alpha value is -2.24. The Morgan fingerprint density at radius 1 is 1.29 bits per heavy atom. The van der Waals surface area contributed by atoms with Gasteiger partial charge in [0.1, 0.15) is 11.8 Å². The summed E-state index contributed by atoms with van der Waals surface area (Å²) in [6.07, 6.45) is 0. The number of hydrogen-bond donors (Lipinski definition) is 3. The number of aryl methyl sites for hydroxylation is 1. The topological polar surface area (TPSA) is 87.7 Å². The fourth-order valence-corrected chi connectivity index (χ4v) is 1.84. The van der Waals surface area contributed by atoms with Crippen LogP contribution in [0.3, 0.4) is 0 Å². The van der Waals surface area contributed by atoms with Gasteiger partial charge in [0.15, 0.2) is 0 Å². The maximum Gasteiger partial charge on any atom is 0.326 e. The van der Waals surface area contributed by atoms with E-state index in [0.29, 0.717) is 11.4 Å². The number of carboxylic acids is 1. The zero-order chi connectivity index (χ0) is 16.2. The van der Waals surface area contributed by atoms with Crippen molar-refractivity contribution < 1.29 is 19.4 Å². The zero-order valence-electron chi connectivity index (χ0n) is 13.0. The van der Waals surface area contributed by atoms with E-state index in [0.717, 1.165) is 5.56 Å². The first kappa shape index (κ1) is 16.8. The smallest absolute Gasteiger partial charge is 0.326 e. The molecule has 0 radical (unpaired) electrons. The molecule has 0 unspecified atom stereocenters. The van der Waals surface area contributed by atoms with Gasteiger partial charge in [-0.05, 0) is 36.1 Å². The molecule has 0 aliphatic carbocycles. The van der Waals surface area contributed by atoms with Gasteiger partial charge in [0.05, 0.1) is 7.11 Å². The predicted molar refractivity (Wildman–Crippen MR) is 80.8 cm³/mol. The van der Waals surface area contributed by atoms with Crippen LogP contribution < -0.4 is 15.4 Å². The number of carbonyl (C=O) groups is 2. The minimum atomic E-state index is -1.07. The summed E-state index contributed by atoms with van der Waals surface area (Å²) in [5, 5.41) is 14.3. The lowest BCUT2D eigenvalue weighted by molar-refractivity contribution is -0.141. The third kappa shape index (κ3) is 4.66. The van der Waals surface area contributed by atoms with E-state index in [2.05, 4.69) is 10.6 Å². The first-order valence-corrected chi connectivity index (χ1v) is 6.60. The number of benzene rings is 1. The summed E-state index contributed by atoms with van der Waals surface area (Å²) in [6, 6.07) is 3.69. The number of amides is 2. The van der Waals surface area contributed by atoms with Crippen LogP contribution in [0.15, 0.2) is 18.2 Å². The SMILES string of the molecule is COc1ccc(NC(=O)N[C@@H](C(=O)O)C(C)(C)C)c(C)c1. The molecule has 0 spiro atoms. The number of carboxylic acid groups (broad SMARTS) is 1. The van der Waals surface area contributed by atoms with Crippen LogP contribution in [0.5, 0.6) is 5.75 Å². The van der Waals surface area contributed by atoms with Crippen LogP contribution in [0.1, 0.15) is 26.3 Å². The Bertz CT molecular complexity index is 535. The summed E-state index contributed by atoms with van der Waals surface area (Å²) in [4.78, 5) is 23.2. The van der Waals surface area contributed by atoms with E-state index < -0.39 is 23.5 Å². The summed E-state index contributed by atoms with van der Waals surface area (Å²) < 4.78 is 5.09. The quantitative estimate of drug-likeness (QED) is 0.796. The van der Waals surface area contributed by atoms with Gasteiger partial charge in [-0.15, -0.1) is 0 Å². The van der Waals surface area contributed by atoms with Crippen LogP contribution >= 0.6 is 0 Å². The number of rotatable bonds is 4. The largest absolute Gasteiger partial charge is 0.497 e. The van der Waals surface area contributed by atoms with Gasteiger partial charge in [-0.1, -0.05) is 20.8 Å². The van der Waals surface area contributed by atoms with Crippen molar-refractivity contribution >= 4 is 17.7 Å². The molecule has 1 aromatic rings. The molecule has 0 aromatic heterocycles. The number of nitrogens with one attached hydrogen (secondary N) is 2. The number of hydrogen-bond acceptors (Lipinski definition) is 3. The molecular formula is C15H22N2O4. The number of urea groups is 1. The van der Waals surface area contributed by atoms with Crippen molar-refractivity contribution in [2.75, 3.05) is 12.4 Å². The van der Waals surface area contributed by atoms with E-state index in [1.54, 1.807) is 46.1 Å². The Kier molecular flexibility index (Phi) is 5.18. The molecule has 0 fully saturated rings. The van der Waals surface area contributed by atoms with Gasteiger partial charge >= 0.3 is 12.0 Å². The molecular weight excluding hydrogens is 272 g/mol.